The van der Waals surface area contributed by atoms with Crippen molar-refractivity contribution in [1.82, 2.24) is 5.32 Å². The SMILES string of the molecule is O=[N+]([O-])c1ccc(C[N]Cc2cc(Cl)cc(Cl)c2)cc1. The molecule has 1 radical (unpaired) electrons. The van der Waals surface area contributed by atoms with E-state index in [0.29, 0.717) is 23.1 Å². The van der Waals surface area contributed by atoms with E-state index < -0.39 is 4.92 Å². The van der Waals surface area contributed by atoms with E-state index in [9.17, 15) is 10.1 Å². The summed E-state index contributed by atoms with van der Waals surface area (Å²) < 4.78 is 0. The Morgan fingerprint density at radius 1 is 0.950 bits per heavy atom. The van der Waals surface area contributed by atoms with Crippen molar-refractivity contribution < 1.29 is 4.92 Å². The molecule has 0 atom stereocenters. The molecule has 20 heavy (non-hydrogen) atoms. The van der Waals surface area contributed by atoms with Crippen LogP contribution in [0.4, 0.5) is 5.69 Å². The molecule has 0 heterocycles. The van der Waals surface area contributed by atoms with Crippen LogP contribution >= 0.6 is 23.2 Å². The predicted molar refractivity (Wildman–Crippen MR) is 79.1 cm³/mol. The van der Waals surface area contributed by atoms with Crippen LogP contribution in [0.25, 0.3) is 0 Å². The predicted octanol–water partition coefficient (Wildman–Crippen LogP) is 4.21. The summed E-state index contributed by atoms with van der Waals surface area (Å²) in [6.45, 7) is 0.986. The van der Waals surface area contributed by atoms with Gasteiger partial charge in [-0.15, -0.1) is 0 Å². The van der Waals surface area contributed by atoms with Gasteiger partial charge in [0.25, 0.3) is 5.69 Å². The maximum absolute atomic E-state index is 10.5. The van der Waals surface area contributed by atoms with Crippen LogP contribution in [0.15, 0.2) is 42.5 Å². The fourth-order valence-electron chi connectivity index (χ4n) is 1.74. The van der Waals surface area contributed by atoms with Gasteiger partial charge < -0.3 is 0 Å². The number of halogens is 2. The Hall–Kier alpha value is -1.62. The van der Waals surface area contributed by atoms with E-state index in [1.165, 1.54) is 12.1 Å². The number of nitro benzene ring substituents is 1. The molecule has 2 aromatic carbocycles. The van der Waals surface area contributed by atoms with Crippen molar-refractivity contribution in [1.29, 1.82) is 0 Å². The lowest BCUT2D eigenvalue weighted by atomic mass is 10.2. The molecule has 0 saturated heterocycles. The van der Waals surface area contributed by atoms with Crippen LogP contribution in [0.5, 0.6) is 0 Å². The molecule has 0 spiro atoms. The van der Waals surface area contributed by atoms with Gasteiger partial charge in [-0.25, -0.2) is 5.32 Å². The van der Waals surface area contributed by atoms with Crippen molar-refractivity contribution in [3.8, 4) is 0 Å². The van der Waals surface area contributed by atoms with Crippen molar-refractivity contribution in [2.45, 2.75) is 13.1 Å². The normalized spacial score (nSPS) is 10.5. The van der Waals surface area contributed by atoms with Crippen molar-refractivity contribution in [2.75, 3.05) is 0 Å². The molecular weight excluding hydrogens is 299 g/mol. The maximum atomic E-state index is 10.5. The minimum Gasteiger partial charge on any atom is -0.258 e. The third-order valence-electron chi connectivity index (χ3n) is 2.66. The highest BCUT2D eigenvalue weighted by Crippen LogP contribution is 2.19. The Kier molecular flexibility index (Phi) is 4.95. The Balaban J connectivity index is 1.90. The van der Waals surface area contributed by atoms with Gasteiger partial charge in [0.15, 0.2) is 0 Å². The average Bonchev–Trinajstić information content (AvgIpc) is 2.38. The first-order valence-electron chi connectivity index (χ1n) is 5.86. The fourth-order valence-corrected chi connectivity index (χ4v) is 2.31. The van der Waals surface area contributed by atoms with Gasteiger partial charge in [-0.2, -0.15) is 0 Å². The second-order valence-corrected chi connectivity index (χ2v) is 5.11. The van der Waals surface area contributed by atoms with Crippen molar-refractivity contribution in [3.05, 3.63) is 73.8 Å². The van der Waals surface area contributed by atoms with Gasteiger partial charge in [-0.05, 0) is 29.3 Å². The first kappa shape index (κ1) is 14.8. The second-order valence-electron chi connectivity index (χ2n) is 4.24. The third kappa shape index (κ3) is 4.20. The van der Waals surface area contributed by atoms with Gasteiger partial charge in [0, 0.05) is 35.3 Å². The second kappa shape index (κ2) is 6.70. The topological polar surface area (TPSA) is 57.2 Å². The van der Waals surface area contributed by atoms with Gasteiger partial charge in [-0.1, -0.05) is 35.3 Å². The molecule has 0 amide bonds. The monoisotopic (exact) mass is 309 g/mol. The summed E-state index contributed by atoms with van der Waals surface area (Å²) >= 11 is 11.8. The molecular formula is C14H11Cl2N2O2. The Morgan fingerprint density at radius 3 is 2.05 bits per heavy atom. The number of benzene rings is 2. The van der Waals surface area contributed by atoms with Crippen LogP contribution in [-0.2, 0) is 13.1 Å². The van der Waals surface area contributed by atoms with E-state index in [1.807, 2.05) is 12.1 Å². The molecule has 6 heteroatoms. The smallest absolute Gasteiger partial charge is 0.258 e. The number of nitro groups is 1. The fraction of sp³-hybridized carbons (Fsp3) is 0.143. The summed E-state index contributed by atoms with van der Waals surface area (Å²) in [6.07, 6.45) is 0. The molecule has 0 fully saturated rings. The van der Waals surface area contributed by atoms with E-state index in [2.05, 4.69) is 5.32 Å². The van der Waals surface area contributed by atoms with Crippen molar-refractivity contribution in [3.63, 3.8) is 0 Å². The summed E-state index contributed by atoms with van der Waals surface area (Å²) in [7, 11) is 0. The lowest BCUT2D eigenvalue weighted by Crippen LogP contribution is -2.04. The van der Waals surface area contributed by atoms with E-state index in [-0.39, 0.29) is 5.69 Å². The zero-order chi connectivity index (χ0) is 14.5. The molecule has 0 aliphatic carbocycles. The van der Waals surface area contributed by atoms with Gasteiger partial charge in [0.1, 0.15) is 0 Å². The van der Waals surface area contributed by atoms with Gasteiger partial charge in [0.2, 0.25) is 0 Å². The standard InChI is InChI=1S/C14H11Cl2N2O2/c15-12-5-11(6-13(16)7-12)9-17-8-10-1-3-14(4-2-10)18(19)20/h1-7H,8-9H2. The summed E-state index contributed by atoms with van der Waals surface area (Å²) in [6, 6.07) is 11.6. The van der Waals surface area contributed by atoms with Crippen LogP contribution in [0.1, 0.15) is 11.1 Å². The number of hydrogen-bond acceptors (Lipinski definition) is 2. The van der Waals surface area contributed by atoms with Gasteiger partial charge in [0.05, 0.1) is 4.92 Å². The lowest BCUT2D eigenvalue weighted by Gasteiger charge is -2.04. The molecule has 2 rings (SSSR count). The molecule has 0 unspecified atom stereocenters. The Labute approximate surface area is 126 Å². The maximum Gasteiger partial charge on any atom is 0.269 e. The van der Waals surface area contributed by atoms with E-state index in [4.69, 9.17) is 23.2 Å². The van der Waals surface area contributed by atoms with Crippen LogP contribution in [0.3, 0.4) is 0 Å². The van der Waals surface area contributed by atoms with Crippen LogP contribution in [0, 0.1) is 10.1 Å². The highest BCUT2D eigenvalue weighted by molar-refractivity contribution is 6.34. The average molecular weight is 310 g/mol. The van der Waals surface area contributed by atoms with E-state index in [1.54, 1.807) is 18.2 Å². The third-order valence-corrected chi connectivity index (χ3v) is 3.09. The molecule has 0 bridgehead atoms. The van der Waals surface area contributed by atoms with Gasteiger partial charge in [-0.3, -0.25) is 10.1 Å². The van der Waals surface area contributed by atoms with Crippen LogP contribution < -0.4 is 5.32 Å². The summed E-state index contributed by atoms with van der Waals surface area (Å²) in [5.74, 6) is 0. The molecule has 0 aliphatic rings. The van der Waals surface area contributed by atoms with E-state index in [0.717, 1.165) is 11.1 Å². The lowest BCUT2D eigenvalue weighted by molar-refractivity contribution is -0.384. The number of rotatable bonds is 5. The van der Waals surface area contributed by atoms with Gasteiger partial charge >= 0.3 is 0 Å². The van der Waals surface area contributed by atoms with Crippen molar-refractivity contribution in [2.24, 2.45) is 0 Å². The summed E-state index contributed by atoms with van der Waals surface area (Å²) in [5, 5.41) is 16.1. The highest BCUT2D eigenvalue weighted by Gasteiger charge is 2.04. The largest absolute Gasteiger partial charge is 0.269 e. The molecule has 103 valence electrons. The van der Waals surface area contributed by atoms with Crippen LogP contribution in [-0.4, -0.2) is 4.92 Å². The molecule has 0 aliphatic heterocycles. The van der Waals surface area contributed by atoms with Crippen molar-refractivity contribution >= 4 is 28.9 Å². The quantitative estimate of drug-likeness (QED) is 0.613. The van der Waals surface area contributed by atoms with Crippen LogP contribution in [0.2, 0.25) is 10.0 Å². The number of hydrogen-bond donors (Lipinski definition) is 0. The number of nitrogens with zero attached hydrogens (tertiary/aromatic N) is 2. The molecule has 0 N–H and O–H groups in total. The minimum absolute atomic E-state index is 0.0790. The Morgan fingerprint density at radius 2 is 1.50 bits per heavy atom. The first-order chi connectivity index (χ1) is 9.54. The first-order valence-corrected chi connectivity index (χ1v) is 6.62. The molecule has 0 aromatic heterocycles. The Bertz CT molecular complexity index is 595. The zero-order valence-corrected chi connectivity index (χ0v) is 11.9. The molecule has 2 aromatic rings. The summed E-state index contributed by atoms with van der Waals surface area (Å²) in [4.78, 5) is 10.1. The van der Waals surface area contributed by atoms with E-state index >= 15 is 0 Å². The molecule has 0 saturated carbocycles. The highest BCUT2D eigenvalue weighted by atomic mass is 35.5. The number of non-ortho nitro benzene ring substituents is 1. The minimum atomic E-state index is -0.422. The zero-order valence-electron chi connectivity index (χ0n) is 10.4. The summed E-state index contributed by atoms with van der Waals surface area (Å²) in [5.41, 5.74) is 1.93. The molecule has 4 nitrogen and oxygen atoms in total.